The molecule has 0 spiro atoms. The van der Waals surface area contributed by atoms with Gasteiger partial charge >= 0.3 is 0 Å². The van der Waals surface area contributed by atoms with E-state index in [2.05, 4.69) is 27.9 Å². The van der Waals surface area contributed by atoms with Crippen LogP contribution in [0.2, 0.25) is 0 Å². The first-order valence-electron chi connectivity index (χ1n) is 11.8. The van der Waals surface area contributed by atoms with E-state index in [9.17, 15) is 4.79 Å². The number of para-hydroxylation sites is 1. The molecule has 0 N–H and O–H groups in total. The highest BCUT2D eigenvalue weighted by Crippen LogP contribution is 2.60. The van der Waals surface area contributed by atoms with Crippen molar-refractivity contribution < 1.29 is 9.53 Å². The average Bonchev–Trinajstić information content (AvgIpc) is 3.18. The lowest BCUT2D eigenvalue weighted by Crippen LogP contribution is -2.49. The highest BCUT2D eigenvalue weighted by molar-refractivity contribution is 7.13. The molecule has 4 bridgehead atoms. The molecule has 0 unspecified atom stereocenters. The van der Waals surface area contributed by atoms with Crippen molar-refractivity contribution in [3.8, 4) is 10.4 Å². The lowest BCUT2D eigenvalue weighted by molar-refractivity contribution is -0.142. The van der Waals surface area contributed by atoms with Crippen LogP contribution < -0.4 is 4.80 Å². The Bertz CT molecular complexity index is 1200. The van der Waals surface area contributed by atoms with E-state index in [1.54, 1.807) is 18.4 Å². The minimum absolute atomic E-state index is 0.121. The van der Waals surface area contributed by atoms with Gasteiger partial charge in [-0.05, 0) is 68.4 Å². The molecule has 7 rings (SSSR count). The van der Waals surface area contributed by atoms with Gasteiger partial charge in [0.25, 0.3) is 5.91 Å². The molecule has 32 heavy (non-hydrogen) atoms. The first-order chi connectivity index (χ1) is 15.6. The van der Waals surface area contributed by atoms with Gasteiger partial charge in [0.15, 0.2) is 4.80 Å². The predicted molar refractivity (Wildman–Crippen MR) is 126 cm³/mol. The molecular weight excluding hydrogens is 418 g/mol. The fourth-order valence-corrected chi connectivity index (χ4v) is 7.88. The van der Waals surface area contributed by atoms with E-state index in [0.717, 1.165) is 63.2 Å². The molecule has 4 fully saturated rings. The second-order valence-electron chi connectivity index (χ2n) is 10.1. The van der Waals surface area contributed by atoms with Gasteiger partial charge in [0.05, 0.1) is 22.4 Å². The number of methoxy groups -OCH3 is 1. The summed E-state index contributed by atoms with van der Waals surface area (Å²) >= 11 is 1.60. The standard InChI is InChI=1S/C26H29N3O2S/c1-31-9-8-29-16-23(21-6-7-27-22-5-3-2-4-20(21)22)32-25(29)28-24(30)26-13-17-10-18(14-26)12-19(11-17)15-26/h2-7,16-19H,8-15H2,1H3. The second kappa shape index (κ2) is 7.92. The molecule has 0 aliphatic heterocycles. The van der Waals surface area contributed by atoms with Crippen LogP contribution in [0.1, 0.15) is 38.5 Å². The highest BCUT2D eigenvalue weighted by Gasteiger charge is 2.54. The summed E-state index contributed by atoms with van der Waals surface area (Å²) in [5.74, 6) is 2.34. The Morgan fingerprint density at radius 1 is 1.16 bits per heavy atom. The Kier molecular flexibility index (Phi) is 5.03. The van der Waals surface area contributed by atoms with Crippen molar-refractivity contribution >= 4 is 28.1 Å². The van der Waals surface area contributed by atoms with Crippen molar-refractivity contribution in [1.29, 1.82) is 0 Å². The summed E-state index contributed by atoms with van der Waals surface area (Å²) in [5, 5.41) is 1.12. The number of pyridine rings is 1. The van der Waals surface area contributed by atoms with Crippen LogP contribution in [0.4, 0.5) is 0 Å². The van der Waals surface area contributed by atoms with Crippen LogP contribution in [0.3, 0.4) is 0 Å². The van der Waals surface area contributed by atoms with Crippen LogP contribution >= 0.6 is 11.3 Å². The van der Waals surface area contributed by atoms with Gasteiger partial charge in [-0.15, -0.1) is 0 Å². The number of hydrogen-bond donors (Lipinski definition) is 0. The summed E-state index contributed by atoms with van der Waals surface area (Å²) in [6.07, 6.45) is 11.1. The number of aromatic nitrogens is 2. The number of carbonyl (C=O) groups excluding carboxylic acids is 1. The van der Waals surface area contributed by atoms with Crippen molar-refractivity contribution in [2.45, 2.75) is 45.1 Å². The van der Waals surface area contributed by atoms with Crippen LogP contribution in [0.5, 0.6) is 0 Å². The third-order valence-corrected chi connectivity index (χ3v) is 8.91. The monoisotopic (exact) mass is 447 g/mol. The molecule has 4 aliphatic carbocycles. The van der Waals surface area contributed by atoms with E-state index < -0.39 is 0 Å². The Balaban J connectivity index is 1.41. The zero-order valence-electron chi connectivity index (χ0n) is 18.5. The fraction of sp³-hybridized carbons (Fsp3) is 0.500. The molecule has 4 aliphatic rings. The maximum atomic E-state index is 13.6. The summed E-state index contributed by atoms with van der Waals surface area (Å²) in [6.45, 7) is 1.27. The molecule has 4 saturated carbocycles. The predicted octanol–water partition coefficient (Wildman–Crippen LogP) is 5.05. The zero-order chi connectivity index (χ0) is 21.7. The molecular formula is C26H29N3O2S. The first-order valence-corrected chi connectivity index (χ1v) is 12.6. The van der Waals surface area contributed by atoms with Gasteiger partial charge in [0.2, 0.25) is 0 Å². The normalized spacial score (nSPS) is 29.2. The molecule has 2 heterocycles. The number of nitrogens with zero attached hydrogens (tertiary/aromatic N) is 3. The number of ether oxygens (including phenoxy) is 1. The van der Waals surface area contributed by atoms with Gasteiger partial charge in [0.1, 0.15) is 0 Å². The lowest BCUT2D eigenvalue weighted by atomic mass is 9.49. The molecule has 0 saturated heterocycles. The van der Waals surface area contributed by atoms with Crippen LogP contribution in [-0.2, 0) is 16.1 Å². The van der Waals surface area contributed by atoms with E-state index in [1.807, 2.05) is 24.4 Å². The Labute approximate surface area is 192 Å². The second-order valence-corrected chi connectivity index (χ2v) is 11.1. The van der Waals surface area contributed by atoms with Gasteiger partial charge in [-0.3, -0.25) is 9.78 Å². The van der Waals surface area contributed by atoms with Crippen molar-refractivity contribution in [2.75, 3.05) is 13.7 Å². The van der Waals surface area contributed by atoms with Crippen molar-refractivity contribution in [1.82, 2.24) is 9.55 Å². The zero-order valence-corrected chi connectivity index (χ0v) is 19.3. The third kappa shape index (κ3) is 3.44. The number of amides is 1. The van der Waals surface area contributed by atoms with E-state index in [1.165, 1.54) is 19.3 Å². The van der Waals surface area contributed by atoms with E-state index in [4.69, 9.17) is 9.73 Å². The summed E-state index contributed by atoms with van der Waals surface area (Å²) in [5.41, 5.74) is 1.90. The van der Waals surface area contributed by atoms with Crippen molar-refractivity contribution in [3.63, 3.8) is 0 Å². The molecule has 166 valence electrons. The van der Waals surface area contributed by atoms with E-state index in [0.29, 0.717) is 13.2 Å². The number of fused-ring (bicyclic) bond motifs is 1. The molecule has 2 aromatic heterocycles. The number of hydrogen-bond acceptors (Lipinski definition) is 4. The topological polar surface area (TPSA) is 56.5 Å². The van der Waals surface area contributed by atoms with Gasteiger partial charge in [-0.2, -0.15) is 4.99 Å². The molecule has 1 aromatic carbocycles. The number of benzene rings is 1. The summed E-state index contributed by atoms with van der Waals surface area (Å²) in [7, 11) is 1.71. The largest absolute Gasteiger partial charge is 0.383 e. The van der Waals surface area contributed by atoms with Crippen molar-refractivity contribution in [3.05, 3.63) is 47.5 Å². The molecule has 6 heteroatoms. The van der Waals surface area contributed by atoms with Gasteiger partial charge in [0, 0.05) is 37.0 Å². The van der Waals surface area contributed by atoms with Gasteiger partial charge in [-0.1, -0.05) is 29.5 Å². The quantitative estimate of drug-likeness (QED) is 0.550. The third-order valence-electron chi connectivity index (χ3n) is 7.86. The molecule has 0 atom stereocenters. The minimum atomic E-state index is -0.207. The van der Waals surface area contributed by atoms with Crippen LogP contribution in [0.25, 0.3) is 21.3 Å². The van der Waals surface area contributed by atoms with Gasteiger partial charge < -0.3 is 9.30 Å². The Morgan fingerprint density at radius 2 is 1.88 bits per heavy atom. The minimum Gasteiger partial charge on any atom is -0.383 e. The maximum Gasteiger partial charge on any atom is 0.254 e. The number of carbonyl (C=O) groups is 1. The van der Waals surface area contributed by atoms with Gasteiger partial charge in [-0.25, -0.2) is 0 Å². The number of rotatable bonds is 5. The highest BCUT2D eigenvalue weighted by atomic mass is 32.1. The smallest absolute Gasteiger partial charge is 0.254 e. The molecule has 5 nitrogen and oxygen atoms in total. The lowest BCUT2D eigenvalue weighted by Gasteiger charge is -2.55. The number of thiazole rings is 1. The maximum absolute atomic E-state index is 13.6. The molecule has 3 aromatic rings. The Morgan fingerprint density at radius 3 is 2.59 bits per heavy atom. The fourth-order valence-electron chi connectivity index (χ4n) is 6.83. The summed E-state index contributed by atoms with van der Waals surface area (Å²) in [4.78, 5) is 24.8. The van der Waals surface area contributed by atoms with Crippen molar-refractivity contribution in [2.24, 2.45) is 28.2 Å². The SMILES string of the molecule is COCCn1cc(-c2ccnc3ccccc23)sc1=NC(=O)C12CC3CC(CC(C3)C1)C2. The van der Waals surface area contributed by atoms with Crippen LogP contribution in [0, 0.1) is 23.2 Å². The average molecular weight is 448 g/mol. The molecule has 1 amide bonds. The first kappa shape index (κ1) is 20.3. The van der Waals surface area contributed by atoms with Crippen LogP contribution in [-0.4, -0.2) is 29.2 Å². The molecule has 0 radical (unpaired) electrons. The van der Waals surface area contributed by atoms with E-state index >= 15 is 0 Å². The summed E-state index contributed by atoms with van der Waals surface area (Å²) < 4.78 is 7.43. The summed E-state index contributed by atoms with van der Waals surface area (Å²) in [6, 6.07) is 10.3. The van der Waals surface area contributed by atoms with Crippen LogP contribution in [0.15, 0.2) is 47.7 Å². The van der Waals surface area contributed by atoms with E-state index in [-0.39, 0.29) is 11.3 Å². The Hall–Kier alpha value is -2.31.